The van der Waals surface area contributed by atoms with E-state index in [1.165, 1.54) is 18.5 Å². The molecule has 1 saturated heterocycles. The Kier molecular flexibility index (Phi) is 6.39. The fourth-order valence-corrected chi connectivity index (χ4v) is 4.79. The lowest BCUT2D eigenvalue weighted by Gasteiger charge is -2.42. The van der Waals surface area contributed by atoms with Crippen molar-refractivity contribution in [3.8, 4) is 11.4 Å². The summed E-state index contributed by atoms with van der Waals surface area (Å²) in [5.74, 6) is -0.374. The number of anilines is 2. The Morgan fingerprint density at radius 2 is 1.97 bits per heavy atom. The number of rotatable bonds is 6. The largest absolute Gasteiger partial charge is 0.382 e. The van der Waals surface area contributed by atoms with E-state index in [9.17, 15) is 13.2 Å². The van der Waals surface area contributed by atoms with E-state index in [0.29, 0.717) is 48.5 Å². The number of halogens is 4. The number of alkyl halides is 2. The van der Waals surface area contributed by atoms with Gasteiger partial charge in [-0.2, -0.15) is 0 Å². The van der Waals surface area contributed by atoms with Gasteiger partial charge < -0.3 is 20.9 Å². The van der Waals surface area contributed by atoms with Crippen molar-refractivity contribution in [2.45, 2.75) is 37.8 Å². The van der Waals surface area contributed by atoms with Crippen molar-refractivity contribution in [2.75, 3.05) is 23.7 Å². The Bertz CT molecular complexity index is 1410. The lowest BCUT2D eigenvalue weighted by Crippen LogP contribution is -2.55. The van der Waals surface area contributed by atoms with E-state index in [2.05, 4.69) is 24.9 Å². The number of hydrogen-bond acceptors (Lipinski definition) is 8. The highest BCUT2D eigenvalue weighted by Gasteiger charge is 2.35. The summed E-state index contributed by atoms with van der Waals surface area (Å²) in [6, 6.07) is 4.52. The molecule has 0 aliphatic carbocycles. The number of pyridine rings is 2. The van der Waals surface area contributed by atoms with E-state index in [-0.39, 0.29) is 23.9 Å². The Hall–Kier alpha value is -3.51. The number of aromatic nitrogens is 6. The molecule has 4 N–H and O–H groups in total. The Morgan fingerprint density at radius 3 is 2.75 bits per heavy atom. The minimum Gasteiger partial charge on any atom is -0.382 e. The summed E-state index contributed by atoms with van der Waals surface area (Å²) in [6.07, 6.45) is 2.91. The van der Waals surface area contributed by atoms with E-state index < -0.39 is 17.8 Å². The minimum atomic E-state index is -2.49. The standard InChI is InChI=1S/C23H23ClF3N9/c24-20-14(25)2-3-15(34-20)16-6-13(9-36-12-33-19-21(28)31-11-32-22(19)36)17(8-30-16)35-5-1-4-23(29,10-35)7-18(26)27/h2-3,6,8,11-12,18H,1,4-5,7,9-10,29H2,(H2,28,31,32)/t23-/m0/s1. The van der Waals surface area contributed by atoms with Crippen molar-refractivity contribution in [1.29, 1.82) is 0 Å². The van der Waals surface area contributed by atoms with E-state index in [1.54, 1.807) is 17.1 Å². The van der Waals surface area contributed by atoms with Crippen molar-refractivity contribution >= 4 is 34.3 Å². The molecule has 4 aromatic heterocycles. The molecule has 36 heavy (non-hydrogen) atoms. The molecular formula is C23H23ClF3N9. The number of piperidine rings is 1. The van der Waals surface area contributed by atoms with Crippen LogP contribution in [0.2, 0.25) is 5.15 Å². The van der Waals surface area contributed by atoms with Crippen molar-refractivity contribution < 1.29 is 13.2 Å². The SMILES string of the molecule is Nc1ncnc2c1ncn2Cc1cc(-c2ccc(F)c(Cl)n2)ncc1N1CCC[C@](N)(CC(F)F)C1. The zero-order valence-corrected chi connectivity index (χ0v) is 19.8. The summed E-state index contributed by atoms with van der Waals surface area (Å²) in [7, 11) is 0. The number of hydrogen-bond donors (Lipinski definition) is 2. The summed E-state index contributed by atoms with van der Waals surface area (Å²) in [6.45, 7) is 1.21. The van der Waals surface area contributed by atoms with Crippen LogP contribution in [0.3, 0.4) is 0 Å². The molecule has 1 atom stereocenters. The topological polar surface area (TPSA) is 125 Å². The van der Waals surface area contributed by atoms with Gasteiger partial charge in [0, 0.05) is 25.0 Å². The quantitative estimate of drug-likeness (QED) is 0.371. The summed E-state index contributed by atoms with van der Waals surface area (Å²) in [5.41, 5.74) is 14.7. The van der Waals surface area contributed by atoms with Crippen LogP contribution in [-0.2, 0) is 6.54 Å². The van der Waals surface area contributed by atoms with Crippen LogP contribution in [0.25, 0.3) is 22.6 Å². The van der Waals surface area contributed by atoms with Crippen molar-refractivity contribution in [3.63, 3.8) is 0 Å². The molecule has 0 saturated carbocycles. The lowest BCUT2D eigenvalue weighted by atomic mass is 9.86. The second-order valence-corrected chi connectivity index (χ2v) is 9.31. The normalized spacial score (nSPS) is 18.3. The second kappa shape index (κ2) is 9.51. The van der Waals surface area contributed by atoms with Gasteiger partial charge in [-0.1, -0.05) is 11.6 Å². The predicted molar refractivity (Wildman–Crippen MR) is 130 cm³/mol. The Morgan fingerprint density at radius 1 is 1.14 bits per heavy atom. The molecular weight excluding hydrogens is 495 g/mol. The van der Waals surface area contributed by atoms with Crippen LogP contribution >= 0.6 is 11.6 Å². The van der Waals surface area contributed by atoms with Gasteiger partial charge in [-0.25, -0.2) is 33.1 Å². The molecule has 0 bridgehead atoms. The van der Waals surface area contributed by atoms with Gasteiger partial charge in [0.15, 0.2) is 22.4 Å². The van der Waals surface area contributed by atoms with Gasteiger partial charge in [0.25, 0.3) is 0 Å². The third kappa shape index (κ3) is 4.78. The molecule has 1 aliphatic rings. The maximum absolute atomic E-state index is 13.7. The molecule has 0 spiro atoms. The molecule has 1 aliphatic heterocycles. The Balaban J connectivity index is 1.57. The number of imidazole rings is 1. The first-order chi connectivity index (χ1) is 17.2. The van der Waals surface area contributed by atoms with Crippen LogP contribution in [0.15, 0.2) is 37.1 Å². The average molecular weight is 518 g/mol. The molecule has 0 aromatic carbocycles. The smallest absolute Gasteiger partial charge is 0.240 e. The van der Waals surface area contributed by atoms with Crippen LogP contribution < -0.4 is 16.4 Å². The fraction of sp³-hybridized carbons (Fsp3) is 0.348. The van der Waals surface area contributed by atoms with Gasteiger partial charge in [-0.15, -0.1) is 0 Å². The molecule has 0 radical (unpaired) electrons. The number of fused-ring (bicyclic) bond motifs is 1. The van der Waals surface area contributed by atoms with Gasteiger partial charge in [-0.05, 0) is 36.6 Å². The fourth-order valence-electron chi connectivity index (χ4n) is 4.64. The van der Waals surface area contributed by atoms with Crippen LogP contribution in [-0.4, -0.2) is 54.5 Å². The summed E-state index contributed by atoms with van der Waals surface area (Å²) in [4.78, 5) is 23.2. The van der Waals surface area contributed by atoms with Crippen LogP contribution in [0.4, 0.5) is 24.7 Å². The summed E-state index contributed by atoms with van der Waals surface area (Å²) < 4.78 is 41.9. The first-order valence-electron chi connectivity index (χ1n) is 11.3. The summed E-state index contributed by atoms with van der Waals surface area (Å²) >= 11 is 5.89. The van der Waals surface area contributed by atoms with Gasteiger partial charge >= 0.3 is 0 Å². The van der Waals surface area contributed by atoms with Gasteiger partial charge in [-0.3, -0.25) is 4.98 Å². The van der Waals surface area contributed by atoms with E-state index in [1.807, 2.05) is 11.0 Å². The van der Waals surface area contributed by atoms with E-state index in [0.717, 1.165) is 11.3 Å². The lowest BCUT2D eigenvalue weighted by molar-refractivity contribution is 0.0983. The molecule has 0 unspecified atom stereocenters. The van der Waals surface area contributed by atoms with Crippen LogP contribution in [0.1, 0.15) is 24.8 Å². The first-order valence-corrected chi connectivity index (χ1v) is 11.6. The van der Waals surface area contributed by atoms with Crippen molar-refractivity contribution in [1.82, 2.24) is 29.5 Å². The van der Waals surface area contributed by atoms with E-state index in [4.69, 9.17) is 23.1 Å². The monoisotopic (exact) mass is 517 g/mol. The maximum atomic E-state index is 13.7. The van der Waals surface area contributed by atoms with Crippen LogP contribution in [0, 0.1) is 5.82 Å². The molecule has 5 rings (SSSR count). The van der Waals surface area contributed by atoms with Crippen LogP contribution in [0.5, 0.6) is 0 Å². The van der Waals surface area contributed by atoms with Gasteiger partial charge in [0.2, 0.25) is 6.43 Å². The first kappa shape index (κ1) is 24.2. The van der Waals surface area contributed by atoms with Crippen molar-refractivity contribution in [2.24, 2.45) is 5.73 Å². The van der Waals surface area contributed by atoms with Crippen molar-refractivity contribution in [3.05, 3.63) is 53.6 Å². The third-order valence-electron chi connectivity index (χ3n) is 6.31. The minimum absolute atomic E-state index is 0.256. The van der Waals surface area contributed by atoms with E-state index >= 15 is 0 Å². The van der Waals surface area contributed by atoms with Gasteiger partial charge in [0.05, 0.1) is 36.1 Å². The molecule has 0 amide bonds. The highest BCUT2D eigenvalue weighted by atomic mass is 35.5. The zero-order chi connectivity index (χ0) is 25.4. The number of nitrogens with two attached hydrogens (primary N) is 2. The molecule has 9 nitrogen and oxygen atoms in total. The zero-order valence-electron chi connectivity index (χ0n) is 19.1. The summed E-state index contributed by atoms with van der Waals surface area (Å²) in [5, 5.41) is -0.261. The maximum Gasteiger partial charge on any atom is 0.240 e. The molecule has 188 valence electrons. The predicted octanol–water partition coefficient (Wildman–Crippen LogP) is 3.66. The molecule has 1 fully saturated rings. The highest BCUT2D eigenvalue weighted by Crippen LogP contribution is 2.33. The molecule has 4 aromatic rings. The second-order valence-electron chi connectivity index (χ2n) is 8.95. The molecule has 13 heteroatoms. The average Bonchev–Trinajstić information content (AvgIpc) is 3.24. The Labute approximate surface area is 209 Å². The number of nitrogen functional groups attached to an aromatic ring is 1. The third-order valence-corrected chi connectivity index (χ3v) is 6.58. The number of nitrogens with zero attached hydrogens (tertiary/aromatic N) is 7. The highest BCUT2D eigenvalue weighted by molar-refractivity contribution is 6.29. The van der Waals surface area contributed by atoms with Gasteiger partial charge in [0.1, 0.15) is 11.8 Å². The molecule has 5 heterocycles.